The van der Waals surface area contributed by atoms with Gasteiger partial charge in [-0.25, -0.2) is 4.98 Å². The zero-order chi connectivity index (χ0) is 17.5. The Bertz CT molecular complexity index is 838. The number of carbonyl (C=O) groups excluding carboxylic acids is 1. The average molecular weight is 327 g/mol. The lowest BCUT2D eigenvalue weighted by Crippen LogP contribution is -2.44. The first-order valence-corrected chi connectivity index (χ1v) is 8.52. The van der Waals surface area contributed by atoms with E-state index in [1.165, 1.54) is 11.0 Å². The van der Waals surface area contributed by atoms with Gasteiger partial charge in [-0.3, -0.25) is 14.2 Å². The van der Waals surface area contributed by atoms with Crippen molar-refractivity contribution in [3.8, 4) is 0 Å². The van der Waals surface area contributed by atoms with Gasteiger partial charge in [0.2, 0.25) is 0 Å². The van der Waals surface area contributed by atoms with E-state index < -0.39 is 0 Å². The largest absolute Gasteiger partial charge is 0.349 e. The lowest BCUT2D eigenvalue weighted by atomic mass is 9.70. The Morgan fingerprint density at radius 3 is 2.83 bits per heavy atom. The summed E-state index contributed by atoms with van der Waals surface area (Å²) in [6.07, 6.45) is 4.72. The number of nitrogens with one attached hydrogen (secondary N) is 1. The standard InChI is InChI=1S/C19H25N3O2/c1-12-8-14(11-19(2,3)10-12)21-17(23)15-9-13-6-5-7-20-16(13)22(4)18(15)24/h5-7,9,12,14H,8,10-11H2,1-4H3,(H,21,23)/t12-,14+/m0/s1. The topological polar surface area (TPSA) is 64.0 Å². The third kappa shape index (κ3) is 3.21. The Balaban J connectivity index is 1.89. The number of carbonyl (C=O) groups is 1. The minimum atomic E-state index is -0.304. The number of aromatic nitrogens is 2. The fourth-order valence-corrected chi connectivity index (χ4v) is 4.18. The van der Waals surface area contributed by atoms with Gasteiger partial charge in [-0.2, -0.15) is 0 Å². The molecule has 0 aliphatic heterocycles. The van der Waals surface area contributed by atoms with Crippen LogP contribution in [0.3, 0.4) is 0 Å². The van der Waals surface area contributed by atoms with E-state index in [2.05, 4.69) is 31.1 Å². The number of pyridine rings is 2. The van der Waals surface area contributed by atoms with Crippen molar-refractivity contribution in [2.24, 2.45) is 18.4 Å². The van der Waals surface area contributed by atoms with Crippen molar-refractivity contribution in [3.05, 3.63) is 40.3 Å². The molecular weight excluding hydrogens is 302 g/mol. The van der Waals surface area contributed by atoms with Gasteiger partial charge in [-0.1, -0.05) is 20.8 Å². The molecule has 1 saturated carbocycles. The van der Waals surface area contributed by atoms with Gasteiger partial charge in [0.25, 0.3) is 11.5 Å². The highest BCUT2D eigenvalue weighted by Crippen LogP contribution is 2.38. The minimum absolute atomic E-state index is 0.116. The van der Waals surface area contributed by atoms with Gasteiger partial charge in [0.05, 0.1) is 0 Å². The Hall–Kier alpha value is -2.17. The van der Waals surface area contributed by atoms with E-state index in [-0.39, 0.29) is 28.5 Å². The van der Waals surface area contributed by atoms with E-state index in [1.807, 2.05) is 6.07 Å². The summed E-state index contributed by atoms with van der Waals surface area (Å²) in [5.41, 5.74) is 0.691. The van der Waals surface area contributed by atoms with E-state index in [9.17, 15) is 9.59 Å². The molecule has 0 bridgehead atoms. The Morgan fingerprint density at radius 1 is 1.38 bits per heavy atom. The minimum Gasteiger partial charge on any atom is -0.349 e. The summed E-state index contributed by atoms with van der Waals surface area (Å²) in [6.45, 7) is 6.70. The molecule has 1 fully saturated rings. The molecule has 0 radical (unpaired) electrons. The second-order valence-corrected chi connectivity index (χ2v) is 7.92. The molecule has 2 aromatic rings. The van der Waals surface area contributed by atoms with Gasteiger partial charge in [0.1, 0.15) is 11.2 Å². The normalized spacial score (nSPS) is 23.2. The van der Waals surface area contributed by atoms with Crippen LogP contribution < -0.4 is 10.9 Å². The molecule has 5 nitrogen and oxygen atoms in total. The maximum absolute atomic E-state index is 12.7. The van der Waals surface area contributed by atoms with Gasteiger partial charge < -0.3 is 5.32 Å². The van der Waals surface area contributed by atoms with Crippen LogP contribution in [0.5, 0.6) is 0 Å². The highest BCUT2D eigenvalue weighted by molar-refractivity contribution is 5.97. The summed E-state index contributed by atoms with van der Waals surface area (Å²) in [4.78, 5) is 29.4. The number of aryl methyl sites for hydroxylation is 1. The molecule has 0 aromatic carbocycles. The van der Waals surface area contributed by atoms with E-state index in [1.54, 1.807) is 25.4 Å². The summed E-state index contributed by atoms with van der Waals surface area (Å²) in [5.74, 6) is 0.291. The molecule has 0 saturated heterocycles. The fourth-order valence-electron chi connectivity index (χ4n) is 4.18. The predicted octanol–water partition coefficient (Wildman–Crippen LogP) is 2.88. The second-order valence-electron chi connectivity index (χ2n) is 7.92. The van der Waals surface area contributed by atoms with Crippen molar-refractivity contribution in [2.75, 3.05) is 0 Å². The van der Waals surface area contributed by atoms with Gasteiger partial charge in [-0.15, -0.1) is 0 Å². The van der Waals surface area contributed by atoms with Crippen LogP contribution in [0.25, 0.3) is 11.0 Å². The van der Waals surface area contributed by atoms with Crippen LogP contribution in [-0.4, -0.2) is 21.5 Å². The average Bonchev–Trinajstić information content (AvgIpc) is 2.48. The summed E-state index contributed by atoms with van der Waals surface area (Å²) in [7, 11) is 1.65. The van der Waals surface area contributed by atoms with Crippen LogP contribution in [0, 0.1) is 11.3 Å². The third-order valence-electron chi connectivity index (χ3n) is 4.94. The third-order valence-corrected chi connectivity index (χ3v) is 4.94. The monoisotopic (exact) mass is 327 g/mol. The molecule has 0 unspecified atom stereocenters. The van der Waals surface area contributed by atoms with Crippen molar-refractivity contribution in [2.45, 2.75) is 46.1 Å². The van der Waals surface area contributed by atoms with Crippen LogP contribution >= 0.6 is 0 Å². The van der Waals surface area contributed by atoms with Crippen LogP contribution in [-0.2, 0) is 7.05 Å². The number of rotatable bonds is 2. The number of amides is 1. The van der Waals surface area contributed by atoms with Crippen molar-refractivity contribution in [3.63, 3.8) is 0 Å². The summed E-state index contributed by atoms with van der Waals surface area (Å²) in [5, 5.41) is 3.87. The second kappa shape index (κ2) is 6.04. The number of hydrogen-bond acceptors (Lipinski definition) is 3. The SMILES string of the molecule is C[C@H]1C[C@@H](NC(=O)c2cc3cccnc3n(C)c2=O)CC(C)(C)C1. The maximum Gasteiger partial charge on any atom is 0.264 e. The van der Waals surface area contributed by atoms with Gasteiger partial charge in [0.15, 0.2) is 0 Å². The lowest BCUT2D eigenvalue weighted by Gasteiger charge is -2.39. The fraction of sp³-hybridized carbons (Fsp3) is 0.526. The first-order chi connectivity index (χ1) is 11.3. The van der Waals surface area contributed by atoms with Gasteiger partial charge in [0, 0.05) is 24.7 Å². The molecule has 2 heterocycles. The molecule has 1 N–H and O–H groups in total. The quantitative estimate of drug-likeness (QED) is 0.922. The highest BCUT2D eigenvalue weighted by atomic mass is 16.2. The molecule has 0 spiro atoms. The molecule has 2 aromatic heterocycles. The maximum atomic E-state index is 12.7. The van der Waals surface area contributed by atoms with Crippen molar-refractivity contribution < 1.29 is 4.79 Å². The van der Waals surface area contributed by atoms with Crippen LogP contribution in [0.4, 0.5) is 0 Å². The first kappa shape index (κ1) is 16.7. The van der Waals surface area contributed by atoms with E-state index in [0.29, 0.717) is 11.6 Å². The van der Waals surface area contributed by atoms with E-state index in [4.69, 9.17) is 0 Å². The van der Waals surface area contributed by atoms with Gasteiger partial charge >= 0.3 is 0 Å². The van der Waals surface area contributed by atoms with E-state index in [0.717, 1.165) is 18.2 Å². The summed E-state index contributed by atoms with van der Waals surface area (Å²) in [6, 6.07) is 5.44. The molecule has 5 heteroatoms. The Labute approximate surface area is 142 Å². The van der Waals surface area contributed by atoms with Crippen LogP contribution in [0.15, 0.2) is 29.2 Å². The molecule has 3 rings (SSSR count). The zero-order valence-electron chi connectivity index (χ0n) is 14.8. The lowest BCUT2D eigenvalue weighted by molar-refractivity contribution is 0.0872. The molecular formula is C19H25N3O2. The number of nitrogens with zero attached hydrogens (tertiary/aromatic N) is 2. The van der Waals surface area contributed by atoms with Crippen LogP contribution in [0.1, 0.15) is 50.4 Å². The van der Waals surface area contributed by atoms with Gasteiger partial charge in [-0.05, 0) is 48.8 Å². The molecule has 128 valence electrons. The van der Waals surface area contributed by atoms with Crippen molar-refractivity contribution >= 4 is 16.9 Å². The number of hydrogen-bond donors (Lipinski definition) is 1. The first-order valence-electron chi connectivity index (χ1n) is 8.52. The van der Waals surface area contributed by atoms with Crippen LogP contribution in [0.2, 0.25) is 0 Å². The number of fused-ring (bicyclic) bond motifs is 1. The molecule has 1 amide bonds. The van der Waals surface area contributed by atoms with Crippen molar-refractivity contribution in [1.29, 1.82) is 0 Å². The molecule has 1 aliphatic rings. The summed E-state index contributed by atoms with van der Waals surface area (Å²) < 4.78 is 1.44. The van der Waals surface area contributed by atoms with E-state index >= 15 is 0 Å². The molecule has 2 atom stereocenters. The molecule has 1 aliphatic carbocycles. The smallest absolute Gasteiger partial charge is 0.264 e. The predicted molar refractivity (Wildman–Crippen MR) is 95.0 cm³/mol. The summed E-state index contributed by atoms with van der Waals surface area (Å²) >= 11 is 0. The molecule has 24 heavy (non-hydrogen) atoms. The van der Waals surface area contributed by atoms with Crippen molar-refractivity contribution in [1.82, 2.24) is 14.9 Å². The Kier molecular flexibility index (Phi) is 4.20. The highest BCUT2D eigenvalue weighted by Gasteiger charge is 2.33. The Morgan fingerprint density at radius 2 is 2.12 bits per heavy atom. The zero-order valence-corrected chi connectivity index (χ0v) is 14.8.